The van der Waals surface area contributed by atoms with E-state index in [0.29, 0.717) is 12.6 Å². The predicted octanol–water partition coefficient (Wildman–Crippen LogP) is 2.07. The number of hydrogen-bond acceptors (Lipinski definition) is 5. The van der Waals surface area contributed by atoms with Gasteiger partial charge in [0.2, 0.25) is 0 Å². The predicted molar refractivity (Wildman–Crippen MR) is 86.8 cm³/mol. The maximum atomic E-state index is 5.22. The van der Waals surface area contributed by atoms with Crippen LogP contribution in [0.2, 0.25) is 0 Å². The molecule has 0 aliphatic heterocycles. The Kier molecular flexibility index (Phi) is 8.98. The average Bonchev–Trinajstić information content (AvgIpc) is 2.49. The lowest BCUT2D eigenvalue weighted by Gasteiger charge is -2.26. The highest BCUT2D eigenvalue weighted by Gasteiger charge is 2.12. The first-order chi connectivity index (χ1) is 10.2. The Hall–Kier alpha value is -1.17. The number of anilines is 1. The molecule has 0 saturated heterocycles. The molecule has 0 bridgehead atoms. The minimum atomic E-state index is 0.457. The van der Waals surface area contributed by atoms with Gasteiger partial charge >= 0.3 is 0 Å². The quantitative estimate of drug-likeness (QED) is 0.633. The zero-order valence-corrected chi connectivity index (χ0v) is 13.8. The number of aromatic nitrogens is 1. The van der Waals surface area contributed by atoms with Crippen molar-refractivity contribution in [1.82, 2.24) is 10.3 Å². The number of pyridine rings is 1. The second kappa shape index (κ2) is 10.5. The smallest absolute Gasteiger partial charge is 0.133 e. The largest absolute Gasteiger partial charge is 0.385 e. The summed E-state index contributed by atoms with van der Waals surface area (Å²) < 4.78 is 10.4. The molecule has 1 aromatic heterocycles. The first-order valence-corrected chi connectivity index (χ1v) is 7.59. The fourth-order valence-corrected chi connectivity index (χ4v) is 2.09. The Morgan fingerprint density at radius 1 is 1.19 bits per heavy atom. The Morgan fingerprint density at radius 3 is 2.62 bits per heavy atom. The third kappa shape index (κ3) is 6.89. The van der Waals surface area contributed by atoms with Crippen LogP contribution in [-0.2, 0) is 16.0 Å². The van der Waals surface area contributed by atoms with Crippen molar-refractivity contribution >= 4 is 5.82 Å². The van der Waals surface area contributed by atoms with Crippen molar-refractivity contribution in [1.29, 1.82) is 0 Å². The molecule has 1 heterocycles. The second-order valence-corrected chi connectivity index (χ2v) is 5.35. The highest BCUT2D eigenvalue weighted by Crippen LogP contribution is 2.17. The SMILES string of the molecule is COCCCN(CCOC)c1ncccc1CNC(C)C. The number of methoxy groups -OCH3 is 2. The lowest BCUT2D eigenvalue weighted by Crippen LogP contribution is -2.32. The lowest BCUT2D eigenvalue weighted by atomic mass is 10.2. The fraction of sp³-hybridized carbons (Fsp3) is 0.688. The minimum Gasteiger partial charge on any atom is -0.385 e. The summed E-state index contributed by atoms with van der Waals surface area (Å²) >= 11 is 0. The maximum absolute atomic E-state index is 5.22. The molecule has 1 aromatic rings. The van der Waals surface area contributed by atoms with Gasteiger partial charge in [0.05, 0.1) is 6.61 Å². The van der Waals surface area contributed by atoms with Gasteiger partial charge in [0.1, 0.15) is 5.82 Å². The number of nitrogens with zero attached hydrogens (tertiary/aromatic N) is 2. The Labute approximate surface area is 128 Å². The van der Waals surface area contributed by atoms with Crippen LogP contribution in [0.3, 0.4) is 0 Å². The van der Waals surface area contributed by atoms with E-state index in [1.165, 1.54) is 5.56 Å². The van der Waals surface area contributed by atoms with Crippen LogP contribution in [0, 0.1) is 0 Å². The van der Waals surface area contributed by atoms with Gasteiger partial charge < -0.3 is 19.7 Å². The second-order valence-electron chi connectivity index (χ2n) is 5.35. The molecule has 0 spiro atoms. The van der Waals surface area contributed by atoms with Crippen LogP contribution in [0.4, 0.5) is 5.82 Å². The number of nitrogens with one attached hydrogen (secondary N) is 1. The minimum absolute atomic E-state index is 0.457. The summed E-state index contributed by atoms with van der Waals surface area (Å²) in [6.07, 6.45) is 2.83. The molecule has 5 heteroatoms. The molecular weight excluding hydrogens is 266 g/mol. The van der Waals surface area contributed by atoms with Gasteiger partial charge in [0.15, 0.2) is 0 Å². The third-order valence-corrected chi connectivity index (χ3v) is 3.21. The van der Waals surface area contributed by atoms with Crippen LogP contribution in [0.15, 0.2) is 18.3 Å². The van der Waals surface area contributed by atoms with E-state index < -0.39 is 0 Å². The molecule has 120 valence electrons. The first kappa shape index (κ1) is 17.9. The molecule has 0 radical (unpaired) electrons. The summed E-state index contributed by atoms with van der Waals surface area (Å²) in [6, 6.07) is 4.58. The van der Waals surface area contributed by atoms with E-state index in [2.05, 4.69) is 35.1 Å². The Bertz CT molecular complexity index is 386. The van der Waals surface area contributed by atoms with Gasteiger partial charge in [-0.05, 0) is 12.5 Å². The van der Waals surface area contributed by atoms with Crippen molar-refractivity contribution in [3.63, 3.8) is 0 Å². The molecule has 0 aliphatic rings. The summed E-state index contributed by atoms with van der Waals surface area (Å²) in [7, 11) is 3.46. The molecule has 1 rings (SSSR count). The van der Waals surface area contributed by atoms with Crippen molar-refractivity contribution in [2.75, 3.05) is 45.4 Å². The topological polar surface area (TPSA) is 46.6 Å². The third-order valence-electron chi connectivity index (χ3n) is 3.21. The number of rotatable bonds is 11. The molecule has 21 heavy (non-hydrogen) atoms. The monoisotopic (exact) mass is 295 g/mol. The van der Waals surface area contributed by atoms with Crippen LogP contribution in [0.1, 0.15) is 25.8 Å². The van der Waals surface area contributed by atoms with Gasteiger partial charge in [0, 0.05) is 58.3 Å². The summed E-state index contributed by atoms with van der Waals surface area (Å²) in [5, 5.41) is 3.46. The van der Waals surface area contributed by atoms with Crippen LogP contribution in [0.25, 0.3) is 0 Å². The normalized spacial score (nSPS) is 11.1. The Morgan fingerprint density at radius 2 is 1.95 bits per heavy atom. The summed E-state index contributed by atoms with van der Waals surface area (Å²) in [6.45, 7) is 8.34. The molecular formula is C16H29N3O2. The van der Waals surface area contributed by atoms with Crippen LogP contribution in [-0.4, -0.2) is 51.5 Å². The highest BCUT2D eigenvalue weighted by molar-refractivity contribution is 5.46. The zero-order chi connectivity index (χ0) is 15.5. The van der Waals surface area contributed by atoms with Crippen LogP contribution < -0.4 is 10.2 Å². The summed E-state index contributed by atoms with van der Waals surface area (Å²) in [5.74, 6) is 1.04. The van der Waals surface area contributed by atoms with Crippen LogP contribution in [0.5, 0.6) is 0 Å². The molecule has 0 aromatic carbocycles. The highest BCUT2D eigenvalue weighted by atomic mass is 16.5. The van der Waals surface area contributed by atoms with Gasteiger partial charge in [-0.25, -0.2) is 4.98 Å². The number of hydrogen-bond donors (Lipinski definition) is 1. The molecule has 0 aliphatic carbocycles. The van der Waals surface area contributed by atoms with Gasteiger partial charge in [-0.1, -0.05) is 19.9 Å². The van der Waals surface area contributed by atoms with E-state index in [0.717, 1.165) is 38.5 Å². The lowest BCUT2D eigenvalue weighted by molar-refractivity contribution is 0.191. The van der Waals surface area contributed by atoms with Gasteiger partial charge in [-0.2, -0.15) is 0 Å². The Balaban J connectivity index is 2.78. The fourth-order valence-electron chi connectivity index (χ4n) is 2.09. The van der Waals surface area contributed by atoms with Crippen molar-refractivity contribution in [3.8, 4) is 0 Å². The maximum Gasteiger partial charge on any atom is 0.133 e. The molecule has 0 atom stereocenters. The van der Waals surface area contributed by atoms with E-state index in [1.54, 1.807) is 14.2 Å². The first-order valence-electron chi connectivity index (χ1n) is 7.59. The van der Waals surface area contributed by atoms with E-state index >= 15 is 0 Å². The van der Waals surface area contributed by atoms with E-state index in [4.69, 9.17) is 9.47 Å². The molecule has 0 fully saturated rings. The van der Waals surface area contributed by atoms with Crippen molar-refractivity contribution in [3.05, 3.63) is 23.9 Å². The zero-order valence-electron chi connectivity index (χ0n) is 13.8. The van der Waals surface area contributed by atoms with Gasteiger partial charge in [-0.15, -0.1) is 0 Å². The molecule has 5 nitrogen and oxygen atoms in total. The van der Waals surface area contributed by atoms with E-state index in [1.807, 2.05) is 12.3 Å². The van der Waals surface area contributed by atoms with Gasteiger partial charge in [-0.3, -0.25) is 0 Å². The van der Waals surface area contributed by atoms with Gasteiger partial charge in [0.25, 0.3) is 0 Å². The van der Waals surface area contributed by atoms with E-state index in [9.17, 15) is 0 Å². The van der Waals surface area contributed by atoms with Crippen molar-refractivity contribution in [2.45, 2.75) is 32.9 Å². The van der Waals surface area contributed by atoms with Crippen molar-refractivity contribution in [2.24, 2.45) is 0 Å². The molecule has 0 amide bonds. The average molecular weight is 295 g/mol. The summed E-state index contributed by atoms with van der Waals surface area (Å²) in [4.78, 5) is 6.86. The molecule has 0 unspecified atom stereocenters. The number of ether oxygens (including phenoxy) is 2. The standard InChI is InChI=1S/C16H29N3O2/c1-14(2)18-13-15-7-5-8-17-16(15)19(10-12-21-4)9-6-11-20-3/h5,7-8,14,18H,6,9-13H2,1-4H3. The van der Waals surface area contributed by atoms with E-state index in [-0.39, 0.29) is 0 Å². The molecule has 0 saturated carbocycles. The molecule has 1 N–H and O–H groups in total. The van der Waals surface area contributed by atoms with Crippen molar-refractivity contribution < 1.29 is 9.47 Å². The van der Waals surface area contributed by atoms with Crippen LogP contribution >= 0.6 is 0 Å². The summed E-state index contributed by atoms with van der Waals surface area (Å²) in [5.41, 5.74) is 1.22.